The minimum atomic E-state index is -0.541. The fourth-order valence-electron chi connectivity index (χ4n) is 3.00. The molecule has 1 atom stereocenters. The Morgan fingerprint density at radius 1 is 1.31 bits per heavy atom. The molecular weight excluding hydrogens is 334 g/mol. The molecule has 1 saturated heterocycles. The van der Waals surface area contributed by atoms with Crippen molar-refractivity contribution in [1.82, 2.24) is 14.5 Å². The van der Waals surface area contributed by atoms with Gasteiger partial charge in [-0.25, -0.2) is 9.78 Å². The maximum Gasteiger partial charge on any atom is 0.347 e. The molecule has 1 aliphatic rings. The summed E-state index contributed by atoms with van der Waals surface area (Å²) in [6, 6.07) is 9.46. The van der Waals surface area contributed by atoms with Gasteiger partial charge in [0.2, 0.25) is 5.91 Å². The minimum Gasteiger partial charge on any atom is -0.491 e. The predicted octanol–water partition coefficient (Wildman–Crippen LogP) is 1.25. The first-order valence-electron chi connectivity index (χ1n) is 8.55. The molecule has 1 fully saturated rings. The van der Waals surface area contributed by atoms with Gasteiger partial charge in [0.05, 0.1) is 6.54 Å². The summed E-state index contributed by atoms with van der Waals surface area (Å²) < 4.78 is 12.9. The Morgan fingerprint density at radius 3 is 2.77 bits per heavy atom. The Balaban J connectivity index is 1.61. The van der Waals surface area contributed by atoms with E-state index in [4.69, 9.17) is 9.47 Å². The quantitative estimate of drug-likeness (QED) is 0.778. The third-order valence-corrected chi connectivity index (χ3v) is 4.71. The van der Waals surface area contributed by atoms with Gasteiger partial charge in [0.1, 0.15) is 24.5 Å². The lowest BCUT2D eigenvalue weighted by Gasteiger charge is -2.28. The molecule has 0 spiro atoms. The summed E-state index contributed by atoms with van der Waals surface area (Å²) in [5, 5.41) is 0. The minimum absolute atomic E-state index is 0.0225. The van der Waals surface area contributed by atoms with Gasteiger partial charge in [-0.15, -0.1) is 0 Å². The van der Waals surface area contributed by atoms with E-state index in [1.807, 2.05) is 31.2 Å². The van der Waals surface area contributed by atoms with Gasteiger partial charge in [-0.1, -0.05) is 17.7 Å². The average Bonchev–Trinajstić information content (AvgIpc) is 3.08. The molecule has 0 saturated carbocycles. The third-order valence-electron chi connectivity index (χ3n) is 4.71. The van der Waals surface area contributed by atoms with Crippen molar-refractivity contribution < 1.29 is 14.3 Å². The van der Waals surface area contributed by atoms with Crippen LogP contribution in [0.25, 0.3) is 0 Å². The summed E-state index contributed by atoms with van der Waals surface area (Å²) in [5.41, 5.74) is 0.198. The molecule has 138 valence electrons. The molecule has 0 N–H and O–H groups in total. The van der Waals surface area contributed by atoms with E-state index in [0.29, 0.717) is 26.1 Å². The monoisotopic (exact) mass is 357 g/mol. The summed E-state index contributed by atoms with van der Waals surface area (Å²) in [7, 11) is 1.64. The van der Waals surface area contributed by atoms with E-state index in [9.17, 15) is 9.59 Å². The first-order valence-corrected chi connectivity index (χ1v) is 8.55. The number of hydrogen-bond acceptors (Lipinski definition) is 5. The molecule has 0 unspecified atom stereocenters. The highest BCUT2D eigenvalue weighted by Crippen LogP contribution is 2.26. The summed E-state index contributed by atoms with van der Waals surface area (Å²) >= 11 is 0. The van der Waals surface area contributed by atoms with Gasteiger partial charge in [-0.05, 0) is 31.5 Å². The fourth-order valence-corrected chi connectivity index (χ4v) is 3.00. The van der Waals surface area contributed by atoms with E-state index in [1.54, 1.807) is 24.3 Å². The molecule has 3 rings (SSSR count). The molecule has 1 aliphatic heterocycles. The largest absolute Gasteiger partial charge is 0.491 e. The molecule has 0 radical (unpaired) electrons. The molecule has 2 heterocycles. The van der Waals surface area contributed by atoms with Crippen LogP contribution in [0.1, 0.15) is 12.0 Å². The Kier molecular flexibility index (Phi) is 5.37. The molecule has 7 nitrogen and oxygen atoms in total. The molecule has 1 amide bonds. The van der Waals surface area contributed by atoms with E-state index >= 15 is 0 Å². The predicted molar refractivity (Wildman–Crippen MR) is 96.1 cm³/mol. The number of ether oxygens (including phenoxy) is 2. The van der Waals surface area contributed by atoms with Gasteiger partial charge in [-0.3, -0.25) is 9.36 Å². The lowest BCUT2D eigenvalue weighted by molar-refractivity contribution is -0.132. The van der Waals surface area contributed by atoms with Crippen LogP contribution in [0.4, 0.5) is 0 Å². The zero-order valence-corrected chi connectivity index (χ0v) is 15.1. The Bertz CT molecular complexity index is 818. The number of rotatable bonds is 6. The molecule has 1 aromatic carbocycles. The van der Waals surface area contributed by atoms with Crippen LogP contribution in [0.5, 0.6) is 5.75 Å². The summed E-state index contributed by atoms with van der Waals surface area (Å²) in [6.45, 7) is 3.37. The van der Waals surface area contributed by atoms with Gasteiger partial charge in [0.25, 0.3) is 0 Å². The zero-order chi connectivity index (χ0) is 18.6. The van der Waals surface area contributed by atoms with Crippen molar-refractivity contribution in [3.8, 4) is 5.75 Å². The number of carbonyl (C=O) groups excluding carboxylic acids is 1. The van der Waals surface area contributed by atoms with Gasteiger partial charge in [0, 0.05) is 26.0 Å². The smallest absolute Gasteiger partial charge is 0.347 e. The topological polar surface area (TPSA) is 73.7 Å². The summed E-state index contributed by atoms with van der Waals surface area (Å²) in [4.78, 5) is 29.6. The third kappa shape index (κ3) is 4.11. The highest BCUT2D eigenvalue weighted by atomic mass is 16.5. The van der Waals surface area contributed by atoms with Gasteiger partial charge < -0.3 is 14.4 Å². The Labute approximate surface area is 152 Å². The van der Waals surface area contributed by atoms with Crippen LogP contribution in [-0.2, 0) is 16.1 Å². The molecule has 26 heavy (non-hydrogen) atoms. The van der Waals surface area contributed by atoms with Crippen molar-refractivity contribution in [3.63, 3.8) is 0 Å². The van der Waals surface area contributed by atoms with Gasteiger partial charge in [-0.2, -0.15) is 0 Å². The lowest BCUT2D eigenvalue weighted by atomic mass is 10.0. The van der Waals surface area contributed by atoms with Crippen LogP contribution in [0.2, 0.25) is 0 Å². The normalized spacial score (nSPS) is 19.5. The van der Waals surface area contributed by atoms with Crippen LogP contribution in [0, 0.1) is 6.92 Å². The van der Waals surface area contributed by atoms with Crippen LogP contribution < -0.4 is 10.4 Å². The van der Waals surface area contributed by atoms with Crippen LogP contribution in [-0.4, -0.2) is 52.8 Å². The Hall–Kier alpha value is -2.67. The maximum atomic E-state index is 12.5. The first kappa shape index (κ1) is 18.1. The fraction of sp³-hybridized carbons (Fsp3) is 0.421. The molecule has 7 heteroatoms. The first-order chi connectivity index (χ1) is 12.5. The van der Waals surface area contributed by atoms with Crippen molar-refractivity contribution in [2.45, 2.75) is 25.5 Å². The van der Waals surface area contributed by atoms with Crippen molar-refractivity contribution in [3.05, 3.63) is 58.8 Å². The van der Waals surface area contributed by atoms with E-state index in [1.165, 1.54) is 16.3 Å². The number of carbonyl (C=O) groups is 1. The Morgan fingerprint density at radius 2 is 2.08 bits per heavy atom. The maximum absolute atomic E-state index is 12.5. The van der Waals surface area contributed by atoms with E-state index in [0.717, 1.165) is 5.75 Å². The second kappa shape index (κ2) is 7.70. The van der Waals surface area contributed by atoms with E-state index < -0.39 is 11.3 Å². The molecule has 2 aromatic rings. The summed E-state index contributed by atoms with van der Waals surface area (Å²) in [5.74, 6) is 0.646. The second-order valence-electron chi connectivity index (χ2n) is 6.58. The highest BCUT2D eigenvalue weighted by molar-refractivity contribution is 5.76. The number of benzene rings is 1. The second-order valence-corrected chi connectivity index (χ2v) is 6.58. The number of likely N-dealkylation sites (tertiary alicyclic amines) is 1. The molecule has 0 bridgehead atoms. The van der Waals surface area contributed by atoms with Gasteiger partial charge in [0.15, 0.2) is 0 Å². The number of methoxy groups -OCH3 is 1. The standard InChI is InChI=1S/C19H23N3O4/c1-15-4-6-16(7-5-15)26-14-19(25-2)8-11-22(13-19)17(23)12-21-10-3-9-20-18(21)24/h3-7,9-10H,8,11-14H2,1-2H3/t19-/m0/s1. The van der Waals surface area contributed by atoms with Crippen molar-refractivity contribution in [1.29, 1.82) is 0 Å². The number of aryl methyl sites for hydroxylation is 1. The molecular formula is C19H23N3O4. The molecule has 0 aliphatic carbocycles. The number of nitrogens with zero attached hydrogens (tertiary/aromatic N) is 3. The van der Waals surface area contributed by atoms with Crippen molar-refractivity contribution in [2.75, 3.05) is 26.8 Å². The molecule has 1 aromatic heterocycles. The lowest BCUT2D eigenvalue weighted by Crippen LogP contribution is -2.43. The highest BCUT2D eigenvalue weighted by Gasteiger charge is 2.41. The number of amides is 1. The summed E-state index contributed by atoms with van der Waals surface area (Å²) in [6.07, 6.45) is 3.66. The average molecular weight is 357 g/mol. The van der Waals surface area contributed by atoms with Crippen LogP contribution in [0.3, 0.4) is 0 Å². The van der Waals surface area contributed by atoms with Crippen LogP contribution in [0.15, 0.2) is 47.5 Å². The van der Waals surface area contributed by atoms with Gasteiger partial charge >= 0.3 is 5.69 Å². The zero-order valence-electron chi connectivity index (χ0n) is 15.1. The number of hydrogen-bond donors (Lipinski definition) is 0. The van der Waals surface area contributed by atoms with E-state index in [-0.39, 0.29) is 12.5 Å². The van der Waals surface area contributed by atoms with Crippen molar-refractivity contribution in [2.24, 2.45) is 0 Å². The number of aromatic nitrogens is 2. The van der Waals surface area contributed by atoms with Crippen molar-refractivity contribution >= 4 is 5.91 Å². The van der Waals surface area contributed by atoms with E-state index in [2.05, 4.69) is 4.98 Å². The van der Waals surface area contributed by atoms with Crippen LogP contribution >= 0.6 is 0 Å². The SMILES string of the molecule is CO[C@@]1(COc2ccc(C)cc2)CCN(C(=O)Cn2cccnc2=O)C1.